The lowest BCUT2D eigenvalue weighted by Gasteiger charge is -2.17. The lowest BCUT2D eigenvalue weighted by atomic mass is 10.0. The van der Waals surface area contributed by atoms with Crippen molar-refractivity contribution in [1.82, 2.24) is 4.90 Å². The molecular weight excluding hydrogens is 609 g/mol. The number of thioether (sulfide) groups is 1. The minimum Gasteiger partial charge on any atom is -0.490 e. The van der Waals surface area contributed by atoms with Crippen molar-refractivity contribution in [1.29, 1.82) is 0 Å². The van der Waals surface area contributed by atoms with Crippen molar-refractivity contribution in [3.05, 3.63) is 109 Å². The van der Waals surface area contributed by atoms with Gasteiger partial charge < -0.3 is 9.47 Å². The number of benzene rings is 3. The second-order valence-corrected chi connectivity index (χ2v) is 11.0. The molecule has 9 heteroatoms. The number of nitrogens with zero attached hydrogens (tertiary/aromatic N) is 1. The van der Waals surface area contributed by atoms with Crippen LogP contribution in [-0.4, -0.2) is 22.7 Å². The highest BCUT2D eigenvalue weighted by Crippen LogP contribution is 2.39. The van der Waals surface area contributed by atoms with Gasteiger partial charge in [0.25, 0.3) is 11.1 Å². The van der Waals surface area contributed by atoms with Gasteiger partial charge in [-0.25, -0.2) is 0 Å². The fourth-order valence-electron chi connectivity index (χ4n) is 3.87. The number of halogens is 3. The second kappa shape index (κ2) is 12.9. The molecule has 0 atom stereocenters. The third kappa shape index (κ3) is 6.64. The van der Waals surface area contributed by atoms with Gasteiger partial charge in [-0.15, -0.1) is 6.58 Å². The molecule has 38 heavy (non-hydrogen) atoms. The van der Waals surface area contributed by atoms with E-state index in [1.54, 1.807) is 30.4 Å². The summed E-state index contributed by atoms with van der Waals surface area (Å²) in [5.74, 6) is 0.764. The molecule has 0 aromatic heterocycles. The van der Waals surface area contributed by atoms with Crippen LogP contribution in [0.15, 0.2) is 76.6 Å². The van der Waals surface area contributed by atoms with Gasteiger partial charge in [0.2, 0.25) is 0 Å². The molecule has 2 amide bonds. The Labute approximate surface area is 244 Å². The van der Waals surface area contributed by atoms with Crippen LogP contribution in [-0.2, 0) is 24.4 Å². The monoisotopic (exact) mass is 631 g/mol. The molecule has 3 aromatic rings. The molecule has 0 radical (unpaired) electrons. The number of allylic oxidation sites excluding steroid dienone is 1. The zero-order chi connectivity index (χ0) is 27.2. The highest BCUT2D eigenvalue weighted by Gasteiger charge is 2.36. The second-order valence-electron chi connectivity index (χ2n) is 8.32. The van der Waals surface area contributed by atoms with Crippen LogP contribution in [0.4, 0.5) is 4.79 Å². The highest BCUT2D eigenvalue weighted by atomic mass is 79.9. The van der Waals surface area contributed by atoms with E-state index in [-0.39, 0.29) is 11.8 Å². The lowest BCUT2D eigenvalue weighted by Crippen LogP contribution is -2.27. The Bertz CT molecular complexity index is 1390. The third-order valence-electron chi connectivity index (χ3n) is 5.66. The predicted molar refractivity (Wildman–Crippen MR) is 158 cm³/mol. The van der Waals surface area contributed by atoms with E-state index in [9.17, 15) is 9.59 Å². The van der Waals surface area contributed by atoms with E-state index < -0.39 is 5.91 Å². The van der Waals surface area contributed by atoms with Crippen LogP contribution < -0.4 is 9.47 Å². The zero-order valence-electron chi connectivity index (χ0n) is 20.5. The molecular formula is C29H24BrCl2NO4S. The summed E-state index contributed by atoms with van der Waals surface area (Å²) in [6, 6.07) is 16.7. The SMILES string of the molecule is C=CCc1cc(/C=C2\SC(=O)N(Cc3c(Cl)cccc3Cl)C2=O)cc(OCC)c1OCc1ccc(Br)cc1. The average molecular weight is 633 g/mol. The van der Waals surface area contributed by atoms with E-state index >= 15 is 0 Å². The lowest BCUT2D eigenvalue weighted by molar-refractivity contribution is -0.123. The Morgan fingerprint density at radius 3 is 2.42 bits per heavy atom. The molecule has 196 valence electrons. The van der Waals surface area contributed by atoms with Gasteiger partial charge in [-0.2, -0.15) is 0 Å². The summed E-state index contributed by atoms with van der Waals surface area (Å²) in [6.07, 6.45) is 4.00. The quantitative estimate of drug-likeness (QED) is 0.165. The fourth-order valence-corrected chi connectivity index (χ4v) is 5.49. The Morgan fingerprint density at radius 1 is 1.05 bits per heavy atom. The maximum atomic E-state index is 13.2. The van der Waals surface area contributed by atoms with E-state index in [0.717, 1.165) is 32.3 Å². The van der Waals surface area contributed by atoms with Crippen molar-refractivity contribution in [2.45, 2.75) is 26.5 Å². The molecule has 3 aromatic carbocycles. The molecule has 1 fully saturated rings. The largest absolute Gasteiger partial charge is 0.490 e. The van der Waals surface area contributed by atoms with E-state index in [0.29, 0.717) is 57.2 Å². The highest BCUT2D eigenvalue weighted by molar-refractivity contribution is 9.10. The maximum absolute atomic E-state index is 13.2. The van der Waals surface area contributed by atoms with Crippen molar-refractivity contribution < 1.29 is 19.1 Å². The minimum absolute atomic E-state index is 0.00470. The molecule has 0 spiro atoms. The maximum Gasteiger partial charge on any atom is 0.293 e. The first kappa shape index (κ1) is 28.3. The molecule has 0 N–H and O–H groups in total. The van der Waals surface area contributed by atoms with Gasteiger partial charge in [-0.05, 0) is 78.7 Å². The molecule has 1 saturated heterocycles. The molecule has 0 unspecified atom stereocenters. The van der Waals surface area contributed by atoms with Crippen LogP contribution in [0.2, 0.25) is 10.0 Å². The smallest absolute Gasteiger partial charge is 0.293 e. The number of carbonyl (C=O) groups is 2. The van der Waals surface area contributed by atoms with Gasteiger partial charge in [0, 0.05) is 25.6 Å². The molecule has 1 aliphatic rings. The van der Waals surface area contributed by atoms with Gasteiger partial charge in [-0.3, -0.25) is 14.5 Å². The summed E-state index contributed by atoms with van der Waals surface area (Å²) in [6.45, 7) is 6.55. The van der Waals surface area contributed by atoms with Gasteiger partial charge >= 0.3 is 0 Å². The number of rotatable bonds is 10. The first-order valence-corrected chi connectivity index (χ1v) is 14.1. The van der Waals surface area contributed by atoms with Crippen LogP contribution in [0.25, 0.3) is 6.08 Å². The molecule has 1 heterocycles. The topological polar surface area (TPSA) is 55.8 Å². The van der Waals surface area contributed by atoms with Gasteiger partial charge in [-0.1, -0.05) is 63.4 Å². The summed E-state index contributed by atoms with van der Waals surface area (Å²) in [7, 11) is 0. The molecule has 5 nitrogen and oxygen atoms in total. The minimum atomic E-state index is -0.408. The van der Waals surface area contributed by atoms with Gasteiger partial charge in [0.15, 0.2) is 11.5 Å². The van der Waals surface area contributed by atoms with E-state index in [1.807, 2.05) is 43.3 Å². The van der Waals surface area contributed by atoms with Gasteiger partial charge in [0.05, 0.1) is 18.1 Å². The Balaban J connectivity index is 1.62. The summed E-state index contributed by atoms with van der Waals surface area (Å²) in [4.78, 5) is 27.3. The number of imide groups is 1. The predicted octanol–water partition coefficient (Wildman–Crippen LogP) is 8.70. The average Bonchev–Trinajstić information content (AvgIpc) is 3.14. The molecule has 1 aliphatic heterocycles. The molecule has 0 bridgehead atoms. The molecule has 4 rings (SSSR count). The van der Waals surface area contributed by atoms with E-state index in [2.05, 4.69) is 22.5 Å². The number of amides is 2. The van der Waals surface area contributed by atoms with Crippen molar-refractivity contribution in [3.63, 3.8) is 0 Å². The summed E-state index contributed by atoms with van der Waals surface area (Å²) in [5.41, 5.74) is 3.11. The molecule has 0 saturated carbocycles. The van der Waals surface area contributed by atoms with Crippen LogP contribution in [0.3, 0.4) is 0 Å². The van der Waals surface area contributed by atoms with Gasteiger partial charge in [0.1, 0.15) is 6.61 Å². The third-order valence-corrected chi connectivity index (χ3v) is 7.81. The number of ether oxygens (including phenoxy) is 2. The summed E-state index contributed by atoms with van der Waals surface area (Å²) >= 11 is 16.8. The Morgan fingerprint density at radius 2 is 1.76 bits per heavy atom. The van der Waals surface area contributed by atoms with E-state index in [1.165, 1.54) is 0 Å². The van der Waals surface area contributed by atoms with Crippen LogP contribution >= 0.6 is 50.9 Å². The van der Waals surface area contributed by atoms with Crippen molar-refractivity contribution >= 4 is 68.1 Å². The zero-order valence-corrected chi connectivity index (χ0v) is 24.4. The van der Waals surface area contributed by atoms with Crippen LogP contribution in [0, 0.1) is 0 Å². The van der Waals surface area contributed by atoms with Crippen molar-refractivity contribution in [2.75, 3.05) is 6.61 Å². The van der Waals surface area contributed by atoms with Crippen LogP contribution in [0.5, 0.6) is 11.5 Å². The first-order chi connectivity index (χ1) is 18.3. The van der Waals surface area contributed by atoms with Crippen LogP contribution in [0.1, 0.15) is 29.2 Å². The fraction of sp³-hybridized carbons (Fsp3) is 0.172. The first-order valence-electron chi connectivity index (χ1n) is 11.8. The Hall–Kier alpha value is -2.71. The Kier molecular flexibility index (Phi) is 9.60. The standard InChI is InChI=1S/C29H24BrCl2NO4S/c1-3-6-20-13-19(14-25(36-4-2)27(20)37-17-18-9-11-21(30)12-10-18)15-26-28(34)33(29(35)38-26)16-22-23(31)7-5-8-24(22)32/h3,5,7-15H,1,4,6,16-17H2,2H3/b26-15-. The number of carbonyl (C=O) groups excluding carboxylic acids is 2. The summed E-state index contributed by atoms with van der Waals surface area (Å²) < 4.78 is 13.1. The van der Waals surface area contributed by atoms with E-state index in [4.69, 9.17) is 32.7 Å². The molecule has 0 aliphatic carbocycles. The normalized spacial score (nSPS) is 14.3. The number of hydrogen-bond acceptors (Lipinski definition) is 5. The van der Waals surface area contributed by atoms with Crippen molar-refractivity contribution in [3.8, 4) is 11.5 Å². The summed E-state index contributed by atoms with van der Waals surface area (Å²) in [5, 5.41) is 0.410. The number of hydrogen-bond donors (Lipinski definition) is 0. The van der Waals surface area contributed by atoms with Crippen molar-refractivity contribution in [2.24, 2.45) is 0 Å².